The predicted molar refractivity (Wildman–Crippen MR) is 112 cm³/mol. The number of ether oxygens (including phenoxy) is 1. The second-order valence-electron chi connectivity index (χ2n) is 7.73. The lowest BCUT2D eigenvalue weighted by molar-refractivity contribution is -0.148. The number of urea groups is 1. The molecule has 2 rings (SSSR count). The lowest BCUT2D eigenvalue weighted by Gasteiger charge is -2.36. The maximum absolute atomic E-state index is 12.8. The third kappa shape index (κ3) is 6.63. The molecule has 160 valence electrons. The Morgan fingerprint density at radius 1 is 1.03 bits per heavy atom. The molecule has 3 amide bonds. The van der Waals surface area contributed by atoms with Gasteiger partial charge >= 0.3 is 12.0 Å². The zero-order valence-electron chi connectivity index (χ0n) is 17.5. The van der Waals surface area contributed by atoms with Crippen LogP contribution in [0.15, 0.2) is 24.3 Å². The summed E-state index contributed by atoms with van der Waals surface area (Å²) in [5.74, 6) is -0.375. The van der Waals surface area contributed by atoms with Gasteiger partial charge < -0.3 is 19.9 Å². The van der Waals surface area contributed by atoms with E-state index in [0.29, 0.717) is 36.8 Å². The van der Waals surface area contributed by atoms with Crippen LogP contribution in [-0.4, -0.2) is 60.0 Å². The number of nitrogens with one attached hydrogen (secondary N) is 1. The molecular formula is C21H30ClN3O4. The Kier molecular flexibility index (Phi) is 8.32. The van der Waals surface area contributed by atoms with Crippen molar-refractivity contribution in [3.63, 3.8) is 0 Å². The minimum atomic E-state index is -0.599. The first-order valence-corrected chi connectivity index (χ1v) is 10.3. The highest BCUT2D eigenvalue weighted by molar-refractivity contribution is 6.31. The summed E-state index contributed by atoms with van der Waals surface area (Å²) in [5, 5.41) is 3.39. The summed E-state index contributed by atoms with van der Waals surface area (Å²) in [5.41, 5.74) is 0.664. The van der Waals surface area contributed by atoms with Crippen molar-refractivity contribution in [1.29, 1.82) is 0 Å². The molecule has 1 unspecified atom stereocenters. The van der Waals surface area contributed by atoms with Gasteiger partial charge in [-0.1, -0.05) is 43.6 Å². The highest BCUT2D eigenvalue weighted by atomic mass is 35.5. The highest BCUT2D eigenvalue weighted by Gasteiger charge is 2.28. The Balaban J connectivity index is 2.05. The highest BCUT2D eigenvalue weighted by Crippen LogP contribution is 2.26. The van der Waals surface area contributed by atoms with Crippen LogP contribution in [0.25, 0.3) is 0 Å². The van der Waals surface area contributed by atoms with Crippen molar-refractivity contribution in [2.24, 2.45) is 5.92 Å². The third-order valence-corrected chi connectivity index (χ3v) is 5.03. The van der Waals surface area contributed by atoms with Gasteiger partial charge in [0.15, 0.2) is 0 Å². The number of amides is 3. The number of piperazine rings is 1. The van der Waals surface area contributed by atoms with Crippen molar-refractivity contribution in [2.75, 3.05) is 26.2 Å². The first kappa shape index (κ1) is 23.0. The van der Waals surface area contributed by atoms with Crippen LogP contribution in [0.2, 0.25) is 5.02 Å². The molecule has 0 spiro atoms. The first-order valence-electron chi connectivity index (χ1n) is 9.97. The normalized spacial score (nSPS) is 15.4. The number of carbonyl (C=O) groups excluding carboxylic acids is 3. The topological polar surface area (TPSA) is 79.0 Å². The van der Waals surface area contributed by atoms with Crippen molar-refractivity contribution in [3.05, 3.63) is 34.9 Å². The molecule has 7 nitrogen and oxygen atoms in total. The van der Waals surface area contributed by atoms with E-state index >= 15 is 0 Å². The van der Waals surface area contributed by atoms with E-state index < -0.39 is 12.0 Å². The Labute approximate surface area is 177 Å². The number of hydrogen-bond acceptors (Lipinski definition) is 4. The molecule has 0 saturated carbocycles. The van der Waals surface area contributed by atoms with Gasteiger partial charge in [-0.3, -0.25) is 9.59 Å². The first-order chi connectivity index (χ1) is 13.7. The molecule has 1 saturated heterocycles. The van der Waals surface area contributed by atoms with Crippen molar-refractivity contribution in [2.45, 2.75) is 46.3 Å². The van der Waals surface area contributed by atoms with Crippen molar-refractivity contribution >= 4 is 29.5 Å². The summed E-state index contributed by atoms with van der Waals surface area (Å²) in [6.07, 6.45) is -0.254. The van der Waals surface area contributed by atoms with E-state index in [1.54, 1.807) is 41.8 Å². The largest absolute Gasteiger partial charge is 0.463 e. The van der Waals surface area contributed by atoms with Crippen LogP contribution in [0.3, 0.4) is 0 Å². The van der Waals surface area contributed by atoms with Crippen LogP contribution in [0.5, 0.6) is 0 Å². The molecule has 1 aromatic rings. The number of halogens is 1. The van der Waals surface area contributed by atoms with E-state index in [0.717, 1.165) is 0 Å². The zero-order chi connectivity index (χ0) is 21.6. The summed E-state index contributed by atoms with van der Waals surface area (Å²) in [6, 6.07) is 6.23. The second kappa shape index (κ2) is 10.5. The lowest BCUT2D eigenvalue weighted by Crippen LogP contribution is -2.54. The van der Waals surface area contributed by atoms with E-state index in [1.165, 1.54) is 0 Å². The summed E-state index contributed by atoms with van der Waals surface area (Å²) >= 11 is 6.30. The number of carbonyl (C=O) groups is 3. The maximum atomic E-state index is 12.8. The summed E-state index contributed by atoms with van der Waals surface area (Å²) in [7, 11) is 0. The standard InChI is InChI=1S/C21H30ClN3O4/c1-14(2)20(27)24-9-11-25(12-10-24)21(28)23-18(13-19(26)29-15(3)4)16-7-5-6-8-17(16)22/h5-8,14-15,18H,9-13H2,1-4H3,(H,23,28). The van der Waals surface area contributed by atoms with Crippen molar-refractivity contribution in [3.8, 4) is 0 Å². The van der Waals surface area contributed by atoms with Gasteiger partial charge in [-0.15, -0.1) is 0 Å². The quantitative estimate of drug-likeness (QED) is 0.712. The monoisotopic (exact) mass is 423 g/mol. The molecule has 29 heavy (non-hydrogen) atoms. The van der Waals surface area contributed by atoms with Crippen molar-refractivity contribution in [1.82, 2.24) is 15.1 Å². The van der Waals surface area contributed by atoms with Crippen LogP contribution >= 0.6 is 11.6 Å². The molecular weight excluding hydrogens is 394 g/mol. The van der Waals surface area contributed by atoms with Crippen LogP contribution in [0.1, 0.15) is 45.7 Å². The smallest absolute Gasteiger partial charge is 0.318 e. The zero-order valence-corrected chi connectivity index (χ0v) is 18.2. The molecule has 0 bridgehead atoms. The van der Waals surface area contributed by atoms with Crippen molar-refractivity contribution < 1.29 is 19.1 Å². The number of esters is 1. The van der Waals surface area contributed by atoms with Gasteiger partial charge in [0.05, 0.1) is 18.6 Å². The lowest BCUT2D eigenvalue weighted by atomic mass is 10.0. The minimum absolute atomic E-state index is 0.0144. The Morgan fingerprint density at radius 3 is 2.17 bits per heavy atom. The molecule has 1 fully saturated rings. The van der Waals surface area contributed by atoms with Crippen LogP contribution in [-0.2, 0) is 14.3 Å². The molecule has 1 aliphatic rings. The van der Waals surface area contributed by atoms with Gasteiger partial charge in [-0.05, 0) is 25.5 Å². The summed E-state index contributed by atoms with van der Waals surface area (Å²) < 4.78 is 5.24. The SMILES string of the molecule is CC(C)OC(=O)CC(NC(=O)N1CCN(C(=O)C(C)C)CC1)c1ccccc1Cl. The summed E-state index contributed by atoms with van der Waals surface area (Å²) in [4.78, 5) is 40.6. The molecule has 1 aliphatic heterocycles. The van der Waals surface area contributed by atoms with Crippen LogP contribution in [0.4, 0.5) is 4.79 Å². The van der Waals surface area contributed by atoms with Gasteiger partial charge in [-0.2, -0.15) is 0 Å². The molecule has 0 radical (unpaired) electrons. The molecule has 1 heterocycles. The van der Waals surface area contributed by atoms with E-state index in [9.17, 15) is 14.4 Å². The van der Waals surface area contributed by atoms with E-state index in [4.69, 9.17) is 16.3 Å². The molecule has 1 atom stereocenters. The summed E-state index contributed by atoms with van der Waals surface area (Å²) in [6.45, 7) is 9.16. The minimum Gasteiger partial charge on any atom is -0.463 e. The number of nitrogens with zero attached hydrogens (tertiary/aromatic N) is 2. The predicted octanol–water partition coefficient (Wildman–Crippen LogP) is 3.23. The second-order valence-corrected chi connectivity index (χ2v) is 8.14. The molecule has 8 heteroatoms. The molecule has 1 N–H and O–H groups in total. The number of rotatable bonds is 6. The Morgan fingerprint density at radius 2 is 1.62 bits per heavy atom. The Hall–Kier alpha value is -2.28. The molecule has 0 aromatic heterocycles. The van der Waals surface area contributed by atoms with Crippen LogP contribution < -0.4 is 5.32 Å². The van der Waals surface area contributed by atoms with E-state index in [1.807, 2.05) is 19.9 Å². The average Bonchev–Trinajstić information content (AvgIpc) is 2.66. The maximum Gasteiger partial charge on any atom is 0.318 e. The van der Waals surface area contributed by atoms with Gasteiger partial charge in [0.25, 0.3) is 0 Å². The third-order valence-electron chi connectivity index (χ3n) is 4.69. The van der Waals surface area contributed by atoms with E-state index in [-0.39, 0.29) is 30.4 Å². The van der Waals surface area contributed by atoms with Gasteiger partial charge in [0.2, 0.25) is 5.91 Å². The van der Waals surface area contributed by atoms with Crippen LogP contribution in [0, 0.1) is 5.92 Å². The van der Waals surface area contributed by atoms with E-state index in [2.05, 4.69) is 5.32 Å². The fourth-order valence-corrected chi connectivity index (χ4v) is 3.48. The fraction of sp³-hybridized carbons (Fsp3) is 0.571. The number of benzene rings is 1. The fourth-order valence-electron chi connectivity index (χ4n) is 3.21. The molecule has 0 aliphatic carbocycles. The van der Waals surface area contributed by atoms with Gasteiger partial charge in [0, 0.05) is 37.1 Å². The Bertz CT molecular complexity index is 730. The molecule has 1 aromatic carbocycles. The van der Waals surface area contributed by atoms with Gasteiger partial charge in [0.1, 0.15) is 0 Å². The van der Waals surface area contributed by atoms with Gasteiger partial charge in [-0.25, -0.2) is 4.79 Å². The number of hydrogen-bond donors (Lipinski definition) is 1. The average molecular weight is 424 g/mol.